The lowest BCUT2D eigenvalue weighted by atomic mass is 9.94. The maximum absolute atomic E-state index is 13.3. The minimum Gasteiger partial charge on any atom is -0.497 e. The SMILES string of the molecule is CCOc1ccccc1S(=O)(=O)N1CCCCC(c2ccc(OC)cc2)C1. The number of ether oxygens (including phenoxy) is 2. The average molecular weight is 390 g/mol. The van der Waals surface area contributed by atoms with Crippen LogP contribution in [0.4, 0.5) is 0 Å². The topological polar surface area (TPSA) is 55.8 Å². The molecule has 1 saturated heterocycles. The van der Waals surface area contributed by atoms with Gasteiger partial charge in [0.25, 0.3) is 0 Å². The first kappa shape index (κ1) is 19.7. The first-order valence-corrected chi connectivity index (χ1v) is 10.9. The molecule has 0 bridgehead atoms. The third-order valence-corrected chi connectivity index (χ3v) is 6.89. The van der Waals surface area contributed by atoms with Gasteiger partial charge in [0.15, 0.2) is 0 Å². The standard InChI is InChI=1S/C21H27NO4S/c1-3-26-20-9-4-5-10-21(20)27(23,24)22-15-7-6-8-18(16-22)17-11-13-19(25-2)14-12-17/h4-5,9-14,18H,3,6-8,15-16H2,1-2H3. The van der Waals surface area contributed by atoms with Gasteiger partial charge in [0, 0.05) is 13.1 Å². The van der Waals surface area contributed by atoms with E-state index < -0.39 is 10.0 Å². The number of nitrogens with zero attached hydrogens (tertiary/aromatic N) is 1. The molecule has 146 valence electrons. The summed E-state index contributed by atoms with van der Waals surface area (Å²) in [6.07, 6.45) is 2.85. The summed E-state index contributed by atoms with van der Waals surface area (Å²) in [5, 5.41) is 0. The van der Waals surface area contributed by atoms with E-state index in [9.17, 15) is 8.42 Å². The Labute approximate surface area is 162 Å². The Hall–Kier alpha value is -2.05. The molecule has 27 heavy (non-hydrogen) atoms. The van der Waals surface area contributed by atoms with Crippen LogP contribution in [0.25, 0.3) is 0 Å². The fraction of sp³-hybridized carbons (Fsp3) is 0.429. The van der Waals surface area contributed by atoms with Crippen LogP contribution in [0.15, 0.2) is 53.4 Å². The van der Waals surface area contributed by atoms with E-state index >= 15 is 0 Å². The van der Waals surface area contributed by atoms with Gasteiger partial charge in [-0.05, 0) is 55.5 Å². The Morgan fingerprint density at radius 2 is 1.81 bits per heavy atom. The quantitative estimate of drug-likeness (QED) is 0.748. The molecule has 0 amide bonds. The molecule has 2 aromatic rings. The Morgan fingerprint density at radius 3 is 2.52 bits per heavy atom. The summed E-state index contributed by atoms with van der Waals surface area (Å²) >= 11 is 0. The molecule has 1 aliphatic rings. The van der Waals surface area contributed by atoms with Crippen LogP contribution in [0, 0.1) is 0 Å². The first-order valence-electron chi connectivity index (χ1n) is 9.42. The number of hydrogen-bond donors (Lipinski definition) is 0. The number of methoxy groups -OCH3 is 1. The van der Waals surface area contributed by atoms with E-state index in [2.05, 4.69) is 0 Å². The zero-order valence-corrected chi connectivity index (χ0v) is 16.7. The maximum Gasteiger partial charge on any atom is 0.246 e. The number of hydrogen-bond acceptors (Lipinski definition) is 4. The van der Waals surface area contributed by atoms with Crippen molar-refractivity contribution in [3.63, 3.8) is 0 Å². The van der Waals surface area contributed by atoms with Crippen LogP contribution < -0.4 is 9.47 Å². The van der Waals surface area contributed by atoms with Crippen LogP contribution in [0.3, 0.4) is 0 Å². The molecule has 1 atom stereocenters. The van der Waals surface area contributed by atoms with Crippen molar-refractivity contribution in [2.45, 2.75) is 37.0 Å². The minimum absolute atomic E-state index is 0.174. The summed E-state index contributed by atoms with van der Waals surface area (Å²) < 4.78 is 39.1. The highest BCUT2D eigenvalue weighted by atomic mass is 32.2. The lowest BCUT2D eigenvalue weighted by Crippen LogP contribution is -2.34. The van der Waals surface area contributed by atoms with Crippen molar-refractivity contribution >= 4 is 10.0 Å². The van der Waals surface area contributed by atoms with E-state index in [1.54, 1.807) is 35.7 Å². The van der Waals surface area contributed by atoms with Gasteiger partial charge in [0.1, 0.15) is 16.4 Å². The molecule has 0 saturated carbocycles. The Balaban J connectivity index is 1.88. The molecular weight excluding hydrogens is 362 g/mol. The van der Waals surface area contributed by atoms with Crippen LogP contribution in [-0.2, 0) is 10.0 Å². The Kier molecular flexibility index (Phi) is 6.39. The molecule has 0 aromatic heterocycles. The van der Waals surface area contributed by atoms with Crippen molar-refractivity contribution in [2.24, 2.45) is 0 Å². The van der Waals surface area contributed by atoms with Gasteiger partial charge in [-0.3, -0.25) is 0 Å². The van der Waals surface area contributed by atoms with Gasteiger partial charge in [0.2, 0.25) is 10.0 Å². The lowest BCUT2D eigenvalue weighted by Gasteiger charge is -2.25. The molecule has 1 heterocycles. The summed E-state index contributed by atoms with van der Waals surface area (Å²) in [7, 11) is -1.96. The predicted octanol–water partition coefficient (Wildman–Crippen LogP) is 4.05. The van der Waals surface area contributed by atoms with Gasteiger partial charge in [-0.15, -0.1) is 0 Å². The summed E-state index contributed by atoms with van der Waals surface area (Å²) in [5.41, 5.74) is 1.15. The van der Waals surface area contributed by atoms with E-state index in [1.165, 1.54) is 0 Å². The number of benzene rings is 2. The molecular formula is C21H27NO4S. The Morgan fingerprint density at radius 1 is 1.07 bits per heavy atom. The van der Waals surface area contributed by atoms with Crippen LogP contribution >= 0.6 is 0 Å². The van der Waals surface area contributed by atoms with Crippen molar-refractivity contribution in [2.75, 3.05) is 26.8 Å². The van der Waals surface area contributed by atoms with Gasteiger partial charge < -0.3 is 9.47 Å². The smallest absolute Gasteiger partial charge is 0.246 e. The lowest BCUT2D eigenvalue weighted by molar-refractivity contribution is 0.328. The molecule has 3 rings (SSSR count). The van der Waals surface area contributed by atoms with E-state index in [0.717, 1.165) is 30.6 Å². The van der Waals surface area contributed by atoms with Crippen molar-refractivity contribution in [1.29, 1.82) is 0 Å². The average Bonchev–Trinajstić information content (AvgIpc) is 2.95. The fourth-order valence-electron chi connectivity index (χ4n) is 3.55. The van der Waals surface area contributed by atoms with Crippen molar-refractivity contribution in [3.8, 4) is 11.5 Å². The number of rotatable bonds is 6. The van der Waals surface area contributed by atoms with Gasteiger partial charge in [0.05, 0.1) is 13.7 Å². The molecule has 0 N–H and O–H groups in total. The normalized spacial score (nSPS) is 18.7. The number of sulfonamides is 1. The highest BCUT2D eigenvalue weighted by molar-refractivity contribution is 7.89. The van der Waals surface area contributed by atoms with Crippen LogP contribution in [-0.4, -0.2) is 39.5 Å². The zero-order valence-electron chi connectivity index (χ0n) is 15.9. The van der Waals surface area contributed by atoms with E-state index in [-0.39, 0.29) is 10.8 Å². The summed E-state index contributed by atoms with van der Waals surface area (Å²) in [4.78, 5) is 0.252. The molecule has 1 unspecified atom stereocenters. The van der Waals surface area contributed by atoms with Crippen molar-refractivity contribution < 1.29 is 17.9 Å². The third kappa shape index (κ3) is 4.45. The van der Waals surface area contributed by atoms with Gasteiger partial charge in [-0.25, -0.2) is 8.42 Å². The molecule has 0 aliphatic carbocycles. The Bertz CT molecular complexity index is 849. The van der Waals surface area contributed by atoms with Crippen LogP contribution in [0.5, 0.6) is 11.5 Å². The van der Waals surface area contributed by atoms with Crippen molar-refractivity contribution in [1.82, 2.24) is 4.31 Å². The third-order valence-electron chi connectivity index (χ3n) is 4.99. The summed E-state index contributed by atoms with van der Waals surface area (Å²) in [6, 6.07) is 14.8. The van der Waals surface area contributed by atoms with Crippen LogP contribution in [0.1, 0.15) is 37.7 Å². The molecule has 1 aliphatic heterocycles. The second-order valence-corrected chi connectivity index (χ2v) is 8.62. The molecule has 0 radical (unpaired) electrons. The second kappa shape index (κ2) is 8.76. The summed E-state index contributed by atoms with van der Waals surface area (Å²) in [5.74, 6) is 1.40. The highest BCUT2D eigenvalue weighted by Crippen LogP contribution is 2.33. The molecule has 6 heteroatoms. The van der Waals surface area contributed by atoms with Gasteiger partial charge >= 0.3 is 0 Å². The number of para-hydroxylation sites is 1. The molecule has 0 spiro atoms. The fourth-order valence-corrected chi connectivity index (χ4v) is 5.21. The maximum atomic E-state index is 13.3. The van der Waals surface area contributed by atoms with Crippen molar-refractivity contribution in [3.05, 3.63) is 54.1 Å². The van der Waals surface area contributed by atoms with E-state index in [1.807, 2.05) is 31.2 Å². The molecule has 2 aromatic carbocycles. The monoisotopic (exact) mass is 389 g/mol. The molecule has 5 nitrogen and oxygen atoms in total. The van der Waals surface area contributed by atoms with Crippen LogP contribution in [0.2, 0.25) is 0 Å². The minimum atomic E-state index is -3.61. The zero-order chi connectivity index (χ0) is 19.3. The largest absolute Gasteiger partial charge is 0.497 e. The van der Waals surface area contributed by atoms with E-state index in [0.29, 0.717) is 25.4 Å². The van der Waals surface area contributed by atoms with E-state index in [4.69, 9.17) is 9.47 Å². The predicted molar refractivity (Wildman–Crippen MR) is 106 cm³/mol. The second-order valence-electron chi connectivity index (χ2n) is 6.71. The van der Waals surface area contributed by atoms with Gasteiger partial charge in [-0.1, -0.05) is 30.7 Å². The summed E-state index contributed by atoms with van der Waals surface area (Å²) in [6.45, 7) is 3.31. The van der Waals surface area contributed by atoms with Gasteiger partial charge in [-0.2, -0.15) is 4.31 Å². The first-order chi connectivity index (χ1) is 13.1. The highest BCUT2D eigenvalue weighted by Gasteiger charge is 2.31. The molecule has 1 fully saturated rings.